The molecule has 3 aromatic rings. The van der Waals surface area contributed by atoms with E-state index in [1.54, 1.807) is 12.1 Å². The van der Waals surface area contributed by atoms with Crippen molar-refractivity contribution in [2.24, 2.45) is 0 Å². The standard InChI is InChI=1S/C27H28N2O3/c1-32-27(31)22-13-11-21(12-14-22)19-29(16-15-20-7-3-2-4-8-20)26(30)25-17-23-9-5-6-10-24(23)18-28-25/h2-14,25,28H,15-19H2,1H3. The Morgan fingerprint density at radius 1 is 0.906 bits per heavy atom. The summed E-state index contributed by atoms with van der Waals surface area (Å²) in [5, 5.41) is 3.42. The van der Waals surface area contributed by atoms with Crippen LogP contribution in [0.5, 0.6) is 0 Å². The quantitative estimate of drug-likeness (QED) is 0.582. The lowest BCUT2D eigenvalue weighted by atomic mass is 9.95. The number of carbonyl (C=O) groups excluding carboxylic acids is 2. The maximum atomic E-state index is 13.5. The van der Waals surface area contributed by atoms with Crippen LogP contribution in [0.4, 0.5) is 0 Å². The first-order valence-corrected chi connectivity index (χ1v) is 10.9. The normalized spacial score (nSPS) is 15.0. The van der Waals surface area contributed by atoms with Gasteiger partial charge in [-0.1, -0.05) is 66.7 Å². The SMILES string of the molecule is COC(=O)c1ccc(CN(CCc2ccccc2)C(=O)C2Cc3ccccc3CN2)cc1. The molecular formula is C27H28N2O3. The zero-order valence-corrected chi connectivity index (χ0v) is 18.3. The first kappa shape index (κ1) is 21.8. The number of benzene rings is 3. The number of hydrogen-bond acceptors (Lipinski definition) is 4. The molecule has 164 valence electrons. The molecular weight excluding hydrogens is 400 g/mol. The van der Waals surface area contributed by atoms with Crippen LogP contribution < -0.4 is 5.32 Å². The predicted octanol–water partition coefficient (Wildman–Crippen LogP) is 3.76. The fourth-order valence-electron chi connectivity index (χ4n) is 4.11. The maximum absolute atomic E-state index is 13.5. The highest BCUT2D eigenvalue weighted by Gasteiger charge is 2.28. The minimum atomic E-state index is -0.362. The number of hydrogen-bond donors (Lipinski definition) is 1. The molecule has 5 nitrogen and oxygen atoms in total. The van der Waals surface area contributed by atoms with Gasteiger partial charge in [0.05, 0.1) is 18.7 Å². The van der Waals surface area contributed by atoms with Gasteiger partial charge in [0.15, 0.2) is 0 Å². The highest BCUT2D eigenvalue weighted by atomic mass is 16.5. The van der Waals surface area contributed by atoms with Gasteiger partial charge in [-0.15, -0.1) is 0 Å². The van der Waals surface area contributed by atoms with Crippen molar-refractivity contribution in [2.75, 3.05) is 13.7 Å². The van der Waals surface area contributed by atoms with Gasteiger partial charge in [-0.3, -0.25) is 4.79 Å². The Hall–Kier alpha value is -3.44. The molecule has 1 amide bonds. The molecule has 32 heavy (non-hydrogen) atoms. The Balaban J connectivity index is 1.50. The molecule has 0 saturated carbocycles. The number of methoxy groups -OCH3 is 1. The lowest BCUT2D eigenvalue weighted by Gasteiger charge is -2.31. The van der Waals surface area contributed by atoms with Crippen molar-refractivity contribution < 1.29 is 14.3 Å². The van der Waals surface area contributed by atoms with Gasteiger partial charge in [0.2, 0.25) is 5.91 Å². The number of ether oxygens (including phenoxy) is 1. The summed E-state index contributed by atoms with van der Waals surface area (Å²) < 4.78 is 4.78. The third-order valence-corrected chi connectivity index (χ3v) is 5.95. The number of nitrogens with one attached hydrogen (secondary N) is 1. The van der Waals surface area contributed by atoms with Crippen molar-refractivity contribution >= 4 is 11.9 Å². The fourth-order valence-corrected chi connectivity index (χ4v) is 4.11. The van der Waals surface area contributed by atoms with Crippen LogP contribution >= 0.6 is 0 Å². The summed E-state index contributed by atoms with van der Waals surface area (Å²) in [7, 11) is 1.37. The van der Waals surface area contributed by atoms with Gasteiger partial charge in [0.1, 0.15) is 0 Å². The summed E-state index contributed by atoms with van der Waals surface area (Å²) in [6.45, 7) is 1.82. The highest BCUT2D eigenvalue weighted by molar-refractivity contribution is 5.89. The minimum absolute atomic E-state index is 0.104. The van der Waals surface area contributed by atoms with E-state index in [4.69, 9.17) is 4.74 Å². The number of esters is 1. The zero-order chi connectivity index (χ0) is 22.3. The Labute approximate surface area is 189 Å². The molecule has 1 atom stereocenters. The average molecular weight is 429 g/mol. The molecule has 0 aliphatic carbocycles. The molecule has 0 bridgehead atoms. The Kier molecular flexibility index (Phi) is 6.97. The first-order valence-electron chi connectivity index (χ1n) is 10.9. The second kappa shape index (κ2) is 10.2. The molecule has 0 radical (unpaired) electrons. The fraction of sp³-hybridized carbons (Fsp3) is 0.259. The molecule has 1 heterocycles. The Morgan fingerprint density at radius 3 is 2.31 bits per heavy atom. The molecule has 1 unspecified atom stereocenters. The van der Waals surface area contributed by atoms with Crippen molar-refractivity contribution in [3.63, 3.8) is 0 Å². The maximum Gasteiger partial charge on any atom is 0.337 e. The van der Waals surface area contributed by atoms with E-state index in [0.29, 0.717) is 31.6 Å². The predicted molar refractivity (Wildman–Crippen MR) is 124 cm³/mol. The van der Waals surface area contributed by atoms with E-state index in [2.05, 4.69) is 29.6 Å². The van der Waals surface area contributed by atoms with Gasteiger partial charge in [-0.05, 0) is 47.2 Å². The number of rotatable bonds is 7. The zero-order valence-electron chi connectivity index (χ0n) is 18.3. The summed E-state index contributed by atoms with van der Waals surface area (Å²) in [4.78, 5) is 27.2. The van der Waals surface area contributed by atoms with Crippen molar-refractivity contribution in [1.82, 2.24) is 10.2 Å². The molecule has 0 aromatic heterocycles. The van der Waals surface area contributed by atoms with Crippen LogP contribution in [0.3, 0.4) is 0 Å². The van der Waals surface area contributed by atoms with E-state index in [1.165, 1.54) is 23.8 Å². The van der Waals surface area contributed by atoms with E-state index in [0.717, 1.165) is 12.0 Å². The molecule has 1 aliphatic heterocycles. The molecule has 5 heteroatoms. The second-order valence-corrected chi connectivity index (χ2v) is 8.09. The van der Waals surface area contributed by atoms with Crippen LogP contribution in [0.15, 0.2) is 78.9 Å². The highest BCUT2D eigenvalue weighted by Crippen LogP contribution is 2.19. The summed E-state index contributed by atoms with van der Waals surface area (Å²) in [6, 6.07) is 25.5. The lowest BCUT2D eigenvalue weighted by molar-refractivity contribution is -0.134. The van der Waals surface area contributed by atoms with Crippen LogP contribution in [-0.2, 0) is 35.5 Å². The number of amides is 1. The molecule has 0 fully saturated rings. The summed E-state index contributed by atoms with van der Waals surface area (Å²) in [5.74, 6) is -0.258. The molecule has 1 aliphatic rings. The average Bonchev–Trinajstić information content (AvgIpc) is 2.86. The monoisotopic (exact) mass is 428 g/mol. The number of fused-ring (bicyclic) bond motifs is 1. The second-order valence-electron chi connectivity index (χ2n) is 8.09. The molecule has 3 aromatic carbocycles. The van der Waals surface area contributed by atoms with Crippen molar-refractivity contribution in [3.8, 4) is 0 Å². The largest absolute Gasteiger partial charge is 0.465 e. The van der Waals surface area contributed by atoms with Gasteiger partial charge < -0.3 is 15.0 Å². The van der Waals surface area contributed by atoms with E-state index in [9.17, 15) is 9.59 Å². The molecule has 1 N–H and O–H groups in total. The van der Waals surface area contributed by atoms with Crippen molar-refractivity contribution in [3.05, 3.63) is 107 Å². The van der Waals surface area contributed by atoms with Gasteiger partial charge >= 0.3 is 5.97 Å². The van der Waals surface area contributed by atoms with Gasteiger partial charge in [-0.2, -0.15) is 0 Å². The topological polar surface area (TPSA) is 58.6 Å². The molecule has 0 spiro atoms. The minimum Gasteiger partial charge on any atom is -0.465 e. The molecule has 0 saturated heterocycles. The Bertz CT molecular complexity index is 1060. The van der Waals surface area contributed by atoms with Crippen LogP contribution in [0, 0.1) is 0 Å². The van der Waals surface area contributed by atoms with Crippen molar-refractivity contribution in [2.45, 2.75) is 32.0 Å². The Morgan fingerprint density at radius 2 is 1.59 bits per heavy atom. The van der Waals surface area contributed by atoms with E-state index < -0.39 is 0 Å². The van der Waals surface area contributed by atoms with E-state index in [-0.39, 0.29) is 17.9 Å². The van der Waals surface area contributed by atoms with Crippen LogP contribution in [-0.4, -0.2) is 36.5 Å². The lowest BCUT2D eigenvalue weighted by Crippen LogP contribution is -2.49. The third kappa shape index (κ3) is 5.24. The summed E-state index contributed by atoms with van der Waals surface area (Å²) >= 11 is 0. The van der Waals surface area contributed by atoms with Gasteiger partial charge in [0, 0.05) is 19.6 Å². The number of carbonyl (C=O) groups is 2. The van der Waals surface area contributed by atoms with Crippen LogP contribution in [0.1, 0.15) is 32.6 Å². The van der Waals surface area contributed by atoms with Crippen LogP contribution in [0.2, 0.25) is 0 Å². The van der Waals surface area contributed by atoms with Crippen molar-refractivity contribution in [1.29, 1.82) is 0 Å². The smallest absolute Gasteiger partial charge is 0.337 e. The van der Waals surface area contributed by atoms with Gasteiger partial charge in [0.25, 0.3) is 0 Å². The van der Waals surface area contributed by atoms with Crippen LogP contribution in [0.25, 0.3) is 0 Å². The molecule has 4 rings (SSSR count). The summed E-state index contributed by atoms with van der Waals surface area (Å²) in [5.41, 5.74) is 5.17. The summed E-state index contributed by atoms with van der Waals surface area (Å²) in [6.07, 6.45) is 1.48. The van der Waals surface area contributed by atoms with Gasteiger partial charge in [-0.25, -0.2) is 4.79 Å². The first-order chi connectivity index (χ1) is 15.6. The third-order valence-electron chi connectivity index (χ3n) is 5.95. The van der Waals surface area contributed by atoms with E-state index in [1.807, 2.05) is 47.4 Å². The van der Waals surface area contributed by atoms with E-state index >= 15 is 0 Å². The number of nitrogens with zero attached hydrogens (tertiary/aromatic N) is 1.